The molecular weight excluding hydrogens is 278 g/mol. The summed E-state index contributed by atoms with van der Waals surface area (Å²) in [6, 6.07) is 0. The molecule has 0 aliphatic heterocycles. The molecule has 0 aromatic rings. The van der Waals surface area contributed by atoms with E-state index in [2.05, 4.69) is 39.9 Å². The Morgan fingerprint density at radius 1 is 0.739 bits per heavy atom. The van der Waals surface area contributed by atoms with Gasteiger partial charge in [-0.2, -0.15) is 0 Å². The van der Waals surface area contributed by atoms with Gasteiger partial charge in [-0.15, -0.1) is 0 Å². The highest BCUT2D eigenvalue weighted by atomic mass is 14.9. The van der Waals surface area contributed by atoms with Gasteiger partial charge in [0.05, 0.1) is 0 Å². The van der Waals surface area contributed by atoms with Crippen molar-refractivity contribution in [1.82, 2.24) is 5.32 Å². The molecule has 0 bridgehead atoms. The second kappa shape index (κ2) is 9.44. The van der Waals surface area contributed by atoms with E-state index in [-0.39, 0.29) is 0 Å². The third-order valence-corrected chi connectivity index (χ3v) is 7.51. The zero-order valence-electron chi connectivity index (χ0n) is 16.6. The zero-order valence-corrected chi connectivity index (χ0v) is 16.6. The first-order chi connectivity index (χ1) is 11.0. The third kappa shape index (κ3) is 5.76. The molecule has 2 rings (SSSR count). The minimum absolute atomic E-state index is 0.903. The maximum atomic E-state index is 3.87. The van der Waals surface area contributed by atoms with Crippen LogP contribution in [-0.4, -0.2) is 13.1 Å². The van der Waals surface area contributed by atoms with Crippen LogP contribution >= 0.6 is 0 Å². The maximum absolute atomic E-state index is 3.87. The van der Waals surface area contributed by atoms with Gasteiger partial charge in [-0.3, -0.25) is 0 Å². The molecule has 2 aliphatic rings. The van der Waals surface area contributed by atoms with E-state index in [1.54, 1.807) is 0 Å². The molecule has 1 nitrogen and oxygen atoms in total. The van der Waals surface area contributed by atoms with Crippen molar-refractivity contribution in [3.63, 3.8) is 0 Å². The van der Waals surface area contributed by atoms with Gasteiger partial charge in [-0.05, 0) is 80.2 Å². The summed E-state index contributed by atoms with van der Waals surface area (Å²) in [6.07, 6.45) is 11.5. The van der Waals surface area contributed by atoms with Crippen LogP contribution in [0, 0.1) is 41.4 Å². The van der Waals surface area contributed by atoms with Crippen LogP contribution < -0.4 is 5.32 Å². The monoisotopic (exact) mass is 321 g/mol. The predicted molar refractivity (Wildman–Crippen MR) is 103 cm³/mol. The molecule has 0 aromatic carbocycles. The fraction of sp³-hybridized carbons (Fsp3) is 1.00. The average molecular weight is 322 g/mol. The highest BCUT2D eigenvalue weighted by Gasteiger charge is 2.30. The van der Waals surface area contributed by atoms with Gasteiger partial charge in [0, 0.05) is 0 Å². The van der Waals surface area contributed by atoms with Gasteiger partial charge < -0.3 is 5.32 Å². The fourth-order valence-electron chi connectivity index (χ4n) is 5.50. The quantitative estimate of drug-likeness (QED) is 0.641. The summed E-state index contributed by atoms with van der Waals surface area (Å²) >= 11 is 0. The van der Waals surface area contributed by atoms with Crippen LogP contribution in [0.2, 0.25) is 0 Å². The van der Waals surface area contributed by atoms with Crippen molar-refractivity contribution in [3.8, 4) is 0 Å². The van der Waals surface area contributed by atoms with E-state index >= 15 is 0 Å². The zero-order chi connectivity index (χ0) is 16.8. The van der Waals surface area contributed by atoms with Crippen LogP contribution in [0.15, 0.2) is 0 Å². The second-order valence-corrected chi connectivity index (χ2v) is 9.35. The Kier molecular flexibility index (Phi) is 7.92. The molecule has 136 valence electrons. The van der Waals surface area contributed by atoms with Gasteiger partial charge in [-0.25, -0.2) is 0 Å². The second-order valence-electron chi connectivity index (χ2n) is 9.35. The van der Waals surface area contributed by atoms with E-state index in [0.717, 1.165) is 41.4 Å². The van der Waals surface area contributed by atoms with Crippen molar-refractivity contribution >= 4 is 0 Å². The lowest BCUT2D eigenvalue weighted by molar-refractivity contribution is 0.126. The van der Waals surface area contributed by atoms with E-state index in [1.165, 1.54) is 64.5 Å². The molecule has 0 aromatic heterocycles. The Balaban J connectivity index is 1.76. The first-order valence-corrected chi connectivity index (χ1v) is 10.7. The van der Waals surface area contributed by atoms with Crippen LogP contribution in [0.1, 0.15) is 86.0 Å². The lowest BCUT2D eigenvalue weighted by Gasteiger charge is -2.38. The van der Waals surface area contributed by atoms with Crippen molar-refractivity contribution in [3.05, 3.63) is 0 Å². The van der Waals surface area contributed by atoms with Crippen molar-refractivity contribution in [2.24, 2.45) is 41.4 Å². The molecule has 0 spiro atoms. The molecule has 23 heavy (non-hydrogen) atoms. The van der Waals surface area contributed by atoms with Gasteiger partial charge in [0.2, 0.25) is 0 Å². The summed E-state index contributed by atoms with van der Waals surface area (Å²) in [5.74, 6) is 6.51. The maximum Gasteiger partial charge on any atom is -0.00203 e. The number of hydrogen-bond donors (Lipinski definition) is 1. The van der Waals surface area contributed by atoms with Crippen molar-refractivity contribution in [1.29, 1.82) is 0 Å². The summed E-state index contributed by atoms with van der Waals surface area (Å²) in [5, 5.41) is 3.87. The standard InChI is InChI=1S/C22H43N/c1-6-22-18(4)13-21(12-9-17(3)19(22)5)15-23-14-20-10-7-16(2)8-11-20/h16-23H,6-15H2,1-5H3. The lowest BCUT2D eigenvalue weighted by atomic mass is 9.68. The molecule has 5 atom stereocenters. The smallest absolute Gasteiger partial charge is 0.00203 e. The van der Waals surface area contributed by atoms with E-state index in [0.29, 0.717) is 0 Å². The van der Waals surface area contributed by atoms with Crippen LogP contribution in [0.4, 0.5) is 0 Å². The molecule has 5 unspecified atom stereocenters. The van der Waals surface area contributed by atoms with E-state index < -0.39 is 0 Å². The van der Waals surface area contributed by atoms with Crippen LogP contribution in [0.25, 0.3) is 0 Å². The molecule has 0 radical (unpaired) electrons. The first kappa shape index (κ1) is 19.3. The van der Waals surface area contributed by atoms with Crippen molar-refractivity contribution < 1.29 is 0 Å². The van der Waals surface area contributed by atoms with Gasteiger partial charge in [0.15, 0.2) is 0 Å². The average Bonchev–Trinajstić information content (AvgIpc) is 2.53. The number of hydrogen-bond acceptors (Lipinski definition) is 1. The summed E-state index contributed by atoms with van der Waals surface area (Å²) in [7, 11) is 0. The van der Waals surface area contributed by atoms with Gasteiger partial charge in [0.25, 0.3) is 0 Å². The van der Waals surface area contributed by atoms with Crippen molar-refractivity contribution in [2.45, 2.75) is 86.0 Å². The molecular formula is C22H43N. The SMILES string of the molecule is CCC1C(C)CC(CNCC2CCC(C)CC2)CCC(C)C1C. The van der Waals surface area contributed by atoms with Crippen LogP contribution in [-0.2, 0) is 0 Å². The number of rotatable bonds is 5. The molecule has 0 heterocycles. The fourth-order valence-corrected chi connectivity index (χ4v) is 5.50. The van der Waals surface area contributed by atoms with Gasteiger partial charge in [0.1, 0.15) is 0 Å². The van der Waals surface area contributed by atoms with Crippen LogP contribution in [0.3, 0.4) is 0 Å². The minimum Gasteiger partial charge on any atom is -0.316 e. The predicted octanol–water partition coefficient (Wildman–Crippen LogP) is 6.14. The highest BCUT2D eigenvalue weighted by Crippen LogP contribution is 2.39. The Bertz CT molecular complexity index is 318. The minimum atomic E-state index is 0.903. The van der Waals surface area contributed by atoms with E-state index in [1.807, 2.05) is 0 Å². The van der Waals surface area contributed by atoms with E-state index in [4.69, 9.17) is 0 Å². The highest BCUT2D eigenvalue weighted by molar-refractivity contribution is 4.82. The molecule has 2 saturated carbocycles. The summed E-state index contributed by atoms with van der Waals surface area (Å²) in [5.41, 5.74) is 0. The molecule has 1 heteroatoms. The third-order valence-electron chi connectivity index (χ3n) is 7.51. The Morgan fingerprint density at radius 2 is 1.35 bits per heavy atom. The summed E-state index contributed by atoms with van der Waals surface area (Å²) in [4.78, 5) is 0. The molecule has 0 amide bonds. The Morgan fingerprint density at radius 3 is 2.00 bits per heavy atom. The van der Waals surface area contributed by atoms with Crippen LogP contribution in [0.5, 0.6) is 0 Å². The van der Waals surface area contributed by atoms with Gasteiger partial charge in [-0.1, -0.05) is 60.3 Å². The summed E-state index contributed by atoms with van der Waals surface area (Å²) < 4.78 is 0. The summed E-state index contributed by atoms with van der Waals surface area (Å²) in [6.45, 7) is 14.9. The molecule has 1 N–H and O–H groups in total. The normalized spacial score (nSPS) is 42.9. The topological polar surface area (TPSA) is 12.0 Å². The number of nitrogens with one attached hydrogen (secondary N) is 1. The lowest BCUT2D eigenvalue weighted by Crippen LogP contribution is -2.34. The first-order valence-electron chi connectivity index (χ1n) is 10.7. The molecule has 2 fully saturated rings. The van der Waals surface area contributed by atoms with Gasteiger partial charge >= 0.3 is 0 Å². The Labute approximate surface area is 146 Å². The molecule has 2 aliphatic carbocycles. The Hall–Kier alpha value is -0.0400. The van der Waals surface area contributed by atoms with Crippen molar-refractivity contribution in [2.75, 3.05) is 13.1 Å². The molecule has 0 saturated heterocycles. The largest absolute Gasteiger partial charge is 0.316 e. The van der Waals surface area contributed by atoms with E-state index in [9.17, 15) is 0 Å².